The van der Waals surface area contributed by atoms with E-state index in [9.17, 15) is 4.21 Å². The van der Waals surface area contributed by atoms with E-state index in [0.29, 0.717) is 10.8 Å². The summed E-state index contributed by atoms with van der Waals surface area (Å²) in [5, 5.41) is 0.646. The third-order valence-electron chi connectivity index (χ3n) is 2.62. The maximum Gasteiger partial charge on any atom is 0.128 e. The Balaban J connectivity index is 1.84. The van der Waals surface area contributed by atoms with Crippen LogP contribution < -0.4 is 0 Å². The number of pyridine rings is 1. The number of aromatic nitrogens is 1. The first-order valence-corrected chi connectivity index (χ1v) is 7.68. The standard InChI is InChI=1S/C11H15BrN2O2S/c12-10-2-1-3-11(13-10)17(15)9-6-14-4-7-16-8-5-14/h1-3H,4-9H2. The highest BCUT2D eigenvalue weighted by Gasteiger charge is 2.12. The van der Waals surface area contributed by atoms with Crippen LogP contribution in [-0.4, -0.2) is 52.7 Å². The van der Waals surface area contributed by atoms with E-state index in [1.165, 1.54) is 0 Å². The third-order valence-corrected chi connectivity index (χ3v) is 4.31. The van der Waals surface area contributed by atoms with Crippen LogP contribution in [0.1, 0.15) is 0 Å². The van der Waals surface area contributed by atoms with Crippen molar-refractivity contribution >= 4 is 26.7 Å². The molecule has 0 aromatic carbocycles. The Morgan fingerprint density at radius 1 is 1.41 bits per heavy atom. The monoisotopic (exact) mass is 318 g/mol. The summed E-state index contributed by atoms with van der Waals surface area (Å²) in [4.78, 5) is 6.49. The van der Waals surface area contributed by atoms with Crippen LogP contribution in [0.3, 0.4) is 0 Å². The predicted molar refractivity (Wildman–Crippen MR) is 70.5 cm³/mol. The molecule has 0 bridgehead atoms. The molecule has 1 aromatic rings. The minimum absolute atomic E-state index is 0.628. The molecule has 1 unspecified atom stereocenters. The lowest BCUT2D eigenvalue weighted by Crippen LogP contribution is -2.38. The van der Waals surface area contributed by atoms with Crippen LogP contribution in [-0.2, 0) is 15.5 Å². The van der Waals surface area contributed by atoms with Crippen LogP contribution in [0, 0.1) is 0 Å². The minimum atomic E-state index is -1.02. The van der Waals surface area contributed by atoms with Gasteiger partial charge in [-0.15, -0.1) is 0 Å². The first kappa shape index (κ1) is 13.1. The number of rotatable bonds is 4. The Morgan fingerprint density at radius 2 is 2.18 bits per heavy atom. The second-order valence-electron chi connectivity index (χ2n) is 3.80. The molecule has 0 amide bonds. The van der Waals surface area contributed by atoms with E-state index in [4.69, 9.17) is 4.74 Å². The van der Waals surface area contributed by atoms with Gasteiger partial charge >= 0.3 is 0 Å². The first-order valence-electron chi connectivity index (χ1n) is 5.57. The molecule has 0 radical (unpaired) electrons. The topological polar surface area (TPSA) is 42.4 Å². The molecule has 1 atom stereocenters. The van der Waals surface area contributed by atoms with Crippen molar-refractivity contribution in [3.63, 3.8) is 0 Å². The second-order valence-corrected chi connectivity index (χ2v) is 6.13. The smallest absolute Gasteiger partial charge is 0.128 e. The zero-order valence-corrected chi connectivity index (χ0v) is 11.9. The van der Waals surface area contributed by atoms with Gasteiger partial charge in [0.05, 0.1) is 24.0 Å². The van der Waals surface area contributed by atoms with E-state index in [0.717, 1.165) is 37.5 Å². The van der Waals surface area contributed by atoms with Crippen molar-refractivity contribution < 1.29 is 8.95 Å². The van der Waals surface area contributed by atoms with E-state index in [2.05, 4.69) is 25.8 Å². The predicted octanol–water partition coefficient (Wildman–Crippen LogP) is 1.28. The highest BCUT2D eigenvalue weighted by molar-refractivity contribution is 9.10. The van der Waals surface area contributed by atoms with E-state index in [1.807, 2.05) is 12.1 Å². The summed E-state index contributed by atoms with van der Waals surface area (Å²) >= 11 is 3.29. The van der Waals surface area contributed by atoms with Gasteiger partial charge in [-0.05, 0) is 28.1 Å². The molecule has 0 spiro atoms. The van der Waals surface area contributed by atoms with Crippen molar-refractivity contribution in [2.75, 3.05) is 38.6 Å². The summed E-state index contributed by atoms with van der Waals surface area (Å²) in [5.41, 5.74) is 0. The van der Waals surface area contributed by atoms with E-state index in [-0.39, 0.29) is 0 Å². The van der Waals surface area contributed by atoms with Crippen LogP contribution in [0.5, 0.6) is 0 Å². The SMILES string of the molecule is O=S(CCN1CCOCC1)c1cccc(Br)n1. The van der Waals surface area contributed by atoms with Gasteiger partial charge < -0.3 is 4.74 Å². The maximum absolute atomic E-state index is 12.0. The van der Waals surface area contributed by atoms with Crippen molar-refractivity contribution in [3.8, 4) is 0 Å². The van der Waals surface area contributed by atoms with Crippen LogP contribution in [0.25, 0.3) is 0 Å². The normalized spacial score (nSPS) is 19.1. The summed E-state index contributed by atoms with van der Waals surface area (Å²) in [6, 6.07) is 5.50. The van der Waals surface area contributed by atoms with E-state index >= 15 is 0 Å². The molecule has 6 heteroatoms. The lowest BCUT2D eigenvalue weighted by molar-refractivity contribution is 0.0409. The average molecular weight is 319 g/mol. The van der Waals surface area contributed by atoms with Crippen LogP contribution in [0.4, 0.5) is 0 Å². The minimum Gasteiger partial charge on any atom is -0.379 e. The molecule has 1 aliphatic heterocycles. The number of morpholine rings is 1. The fourth-order valence-electron chi connectivity index (χ4n) is 1.66. The number of halogens is 1. The number of hydrogen-bond donors (Lipinski definition) is 0. The summed E-state index contributed by atoms with van der Waals surface area (Å²) in [6.07, 6.45) is 0. The Hall–Kier alpha value is -0.300. The van der Waals surface area contributed by atoms with Gasteiger partial charge in [-0.1, -0.05) is 6.07 Å². The van der Waals surface area contributed by atoms with Gasteiger partial charge in [0.15, 0.2) is 0 Å². The summed E-state index contributed by atoms with van der Waals surface area (Å²) in [7, 11) is -1.02. The first-order chi connectivity index (χ1) is 8.25. The number of ether oxygens (including phenoxy) is 1. The fourth-order valence-corrected chi connectivity index (χ4v) is 3.18. The lowest BCUT2D eigenvalue weighted by atomic mass is 10.4. The molecule has 17 heavy (non-hydrogen) atoms. The number of hydrogen-bond acceptors (Lipinski definition) is 4. The van der Waals surface area contributed by atoms with Crippen LogP contribution >= 0.6 is 15.9 Å². The van der Waals surface area contributed by atoms with Crippen molar-refractivity contribution in [2.24, 2.45) is 0 Å². The molecule has 4 nitrogen and oxygen atoms in total. The second kappa shape index (κ2) is 6.58. The largest absolute Gasteiger partial charge is 0.379 e. The third kappa shape index (κ3) is 4.13. The Labute approximate surface area is 112 Å². The fraction of sp³-hybridized carbons (Fsp3) is 0.545. The zero-order valence-electron chi connectivity index (χ0n) is 9.47. The quantitative estimate of drug-likeness (QED) is 0.784. The molecule has 2 rings (SSSR count). The van der Waals surface area contributed by atoms with Gasteiger partial charge in [0.25, 0.3) is 0 Å². The molecule has 0 aliphatic carbocycles. The Kier molecular flexibility index (Phi) is 5.09. The Morgan fingerprint density at radius 3 is 2.88 bits per heavy atom. The molecule has 94 valence electrons. The molecule has 1 aromatic heterocycles. The van der Waals surface area contributed by atoms with Gasteiger partial charge in [0.1, 0.15) is 9.63 Å². The molecular weight excluding hydrogens is 304 g/mol. The molecule has 0 N–H and O–H groups in total. The molecule has 1 fully saturated rings. The highest BCUT2D eigenvalue weighted by Crippen LogP contribution is 2.10. The molecule has 0 saturated carbocycles. The molecule has 1 aliphatic rings. The molecule has 2 heterocycles. The summed E-state index contributed by atoms with van der Waals surface area (Å²) in [5.74, 6) is 0.628. The zero-order chi connectivity index (χ0) is 12.1. The number of nitrogens with zero attached hydrogens (tertiary/aromatic N) is 2. The Bertz CT molecular complexity index is 397. The average Bonchev–Trinajstić information content (AvgIpc) is 2.37. The van der Waals surface area contributed by atoms with Crippen molar-refractivity contribution in [3.05, 3.63) is 22.8 Å². The van der Waals surface area contributed by atoms with Crippen LogP contribution in [0.15, 0.2) is 27.8 Å². The van der Waals surface area contributed by atoms with Gasteiger partial charge in [0.2, 0.25) is 0 Å². The van der Waals surface area contributed by atoms with Gasteiger partial charge in [-0.2, -0.15) is 0 Å². The van der Waals surface area contributed by atoms with Crippen molar-refractivity contribution in [1.29, 1.82) is 0 Å². The highest BCUT2D eigenvalue weighted by atomic mass is 79.9. The molecular formula is C11H15BrN2O2S. The van der Waals surface area contributed by atoms with Crippen molar-refractivity contribution in [1.82, 2.24) is 9.88 Å². The lowest BCUT2D eigenvalue weighted by Gasteiger charge is -2.26. The van der Waals surface area contributed by atoms with E-state index in [1.54, 1.807) is 6.07 Å². The maximum atomic E-state index is 12.0. The summed E-state index contributed by atoms with van der Waals surface area (Å²) < 4.78 is 18.0. The van der Waals surface area contributed by atoms with Gasteiger partial charge in [-0.25, -0.2) is 4.98 Å². The van der Waals surface area contributed by atoms with Gasteiger partial charge in [0, 0.05) is 25.4 Å². The molecule has 1 saturated heterocycles. The van der Waals surface area contributed by atoms with Gasteiger partial charge in [-0.3, -0.25) is 9.11 Å². The summed E-state index contributed by atoms with van der Waals surface area (Å²) in [6.45, 7) is 4.26. The van der Waals surface area contributed by atoms with Crippen LogP contribution in [0.2, 0.25) is 0 Å². The van der Waals surface area contributed by atoms with Crippen molar-refractivity contribution in [2.45, 2.75) is 5.03 Å². The van der Waals surface area contributed by atoms with E-state index < -0.39 is 10.8 Å².